The second-order valence-corrected chi connectivity index (χ2v) is 17.5. The van der Waals surface area contributed by atoms with Crippen LogP contribution in [0.1, 0.15) is 245 Å². The second-order valence-electron chi connectivity index (χ2n) is 17.5. The molecule has 6 nitrogen and oxygen atoms in total. The van der Waals surface area contributed by atoms with Gasteiger partial charge in [-0.05, 0) is 89.9 Å². The number of aliphatic hydroxyl groups excluding tert-OH is 2. The lowest BCUT2D eigenvalue weighted by Crippen LogP contribution is -2.46. The maximum atomic E-state index is 13.2. The standard InChI is InChI=1S/C56H99NO5/c1-4-7-10-13-16-19-22-25-26-27-28-29-30-31-34-37-40-43-46-49-56(61)62-52(47-44-41-38-35-32-23-20-17-14-11-8-5-2)50-55(60)57-53(51-58)54(59)48-45-42-39-36-33-24-21-18-15-12-9-6-3/h7,10,16,19,25-26,28-29,31,34-35,38,52-54,58-59H,4-6,8-9,11-15,17-18,20-24,27,30,32-33,36-37,39-51H2,1-3H3,(H,57,60)/b10-7-,19-16-,26-25-,29-28-,34-31-,38-35-. The molecule has 3 atom stereocenters. The average Bonchev–Trinajstić information content (AvgIpc) is 3.26. The molecule has 0 aromatic rings. The van der Waals surface area contributed by atoms with Crippen LogP contribution in [0.15, 0.2) is 72.9 Å². The fraction of sp³-hybridized carbons (Fsp3) is 0.750. The molecule has 0 saturated heterocycles. The minimum Gasteiger partial charge on any atom is -0.462 e. The van der Waals surface area contributed by atoms with Crippen molar-refractivity contribution >= 4 is 11.9 Å². The molecule has 62 heavy (non-hydrogen) atoms. The summed E-state index contributed by atoms with van der Waals surface area (Å²) in [5.74, 6) is -0.542. The zero-order valence-corrected chi connectivity index (χ0v) is 40.7. The van der Waals surface area contributed by atoms with Crippen LogP contribution in [-0.2, 0) is 14.3 Å². The monoisotopic (exact) mass is 866 g/mol. The Kier molecular flexibility index (Phi) is 47.2. The number of amides is 1. The van der Waals surface area contributed by atoms with Crippen LogP contribution < -0.4 is 5.32 Å². The topological polar surface area (TPSA) is 95.9 Å². The van der Waals surface area contributed by atoms with Crippen LogP contribution in [0, 0.1) is 0 Å². The van der Waals surface area contributed by atoms with Gasteiger partial charge >= 0.3 is 5.97 Å². The van der Waals surface area contributed by atoms with E-state index in [-0.39, 0.29) is 24.9 Å². The van der Waals surface area contributed by atoms with Gasteiger partial charge in [0.05, 0.1) is 25.2 Å². The number of nitrogens with one attached hydrogen (secondary N) is 1. The highest BCUT2D eigenvalue weighted by molar-refractivity contribution is 5.77. The molecule has 0 radical (unpaired) electrons. The minimum atomic E-state index is -0.802. The lowest BCUT2D eigenvalue weighted by atomic mass is 10.0. The van der Waals surface area contributed by atoms with Crippen LogP contribution in [0.3, 0.4) is 0 Å². The third-order valence-corrected chi connectivity index (χ3v) is 11.5. The van der Waals surface area contributed by atoms with E-state index in [9.17, 15) is 19.8 Å². The molecule has 0 saturated carbocycles. The Hall–Kier alpha value is -2.70. The van der Waals surface area contributed by atoms with Crippen LogP contribution in [0.5, 0.6) is 0 Å². The van der Waals surface area contributed by atoms with E-state index in [2.05, 4.69) is 99.0 Å². The molecular formula is C56H99NO5. The number of allylic oxidation sites excluding steroid dienone is 12. The van der Waals surface area contributed by atoms with Crippen molar-refractivity contribution in [3.63, 3.8) is 0 Å². The van der Waals surface area contributed by atoms with Crippen LogP contribution in [0.4, 0.5) is 0 Å². The third-order valence-electron chi connectivity index (χ3n) is 11.5. The van der Waals surface area contributed by atoms with Crippen molar-refractivity contribution in [1.29, 1.82) is 0 Å². The molecule has 0 bridgehead atoms. The quantitative estimate of drug-likeness (QED) is 0.0322. The fourth-order valence-corrected chi connectivity index (χ4v) is 7.57. The first-order chi connectivity index (χ1) is 30.5. The Labute approximate surface area is 383 Å². The highest BCUT2D eigenvalue weighted by Gasteiger charge is 2.24. The molecule has 3 N–H and O–H groups in total. The van der Waals surface area contributed by atoms with Crippen LogP contribution in [-0.4, -0.2) is 46.9 Å². The summed E-state index contributed by atoms with van der Waals surface area (Å²) >= 11 is 0. The van der Waals surface area contributed by atoms with Gasteiger partial charge in [0.2, 0.25) is 5.91 Å². The van der Waals surface area contributed by atoms with E-state index < -0.39 is 18.2 Å². The molecule has 3 unspecified atom stereocenters. The summed E-state index contributed by atoms with van der Waals surface area (Å²) in [7, 11) is 0. The number of esters is 1. The lowest BCUT2D eigenvalue weighted by molar-refractivity contribution is -0.151. The molecule has 0 heterocycles. The van der Waals surface area contributed by atoms with E-state index in [1.807, 2.05) is 0 Å². The summed E-state index contributed by atoms with van der Waals surface area (Å²) in [6.45, 7) is 6.34. The number of aliphatic hydroxyl groups is 2. The molecule has 0 aliphatic carbocycles. The molecule has 0 aliphatic heterocycles. The summed E-state index contributed by atoms with van der Waals surface area (Å²) in [5, 5.41) is 23.7. The number of carbonyl (C=O) groups excluding carboxylic acids is 2. The van der Waals surface area contributed by atoms with Crippen molar-refractivity contribution in [3.05, 3.63) is 72.9 Å². The third kappa shape index (κ3) is 43.9. The highest BCUT2D eigenvalue weighted by atomic mass is 16.5. The lowest BCUT2D eigenvalue weighted by Gasteiger charge is -2.24. The number of rotatable bonds is 46. The van der Waals surface area contributed by atoms with Crippen molar-refractivity contribution in [2.24, 2.45) is 0 Å². The van der Waals surface area contributed by atoms with Crippen molar-refractivity contribution < 1.29 is 24.5 Å². The van der Waals surface area contributed by atoms with Crippen LogP contribution in [0.2, 0.25) is 0 Å². The van der Waals surface area contributed by atoms with Crippen molar-refractivity contribution in [2.45, 2.75) is 264 Å². The summed E-state index contributed by atoms with van der Waals surface area (Å²) in [6.07, 6.45) is 62.5. The Morgan fingerprint density at radius 3 is 1.37 bits per heavy atom. The van der Waals surface area contributed by atoms with E-state index in [1.165, 1.54) is 103 Å². The zero-order valence-electron chi connectivity index (χ0n) is 40.7. The molecule has 1 amide bonds. The number of carbonyl (C=O) groups is 2. The molecule has 0 spiro atoms. The molecular weight excluding hydrogens is 767 g/mol. The maximum Gasteiger partial charge on any atom is 0.306 e. The SMILES string of the molecule is CC/C=C\C/C=C\C/C=C\C/C=C\C/C=C\CCCCCC(=O)OC(CCC/C=C\CCCCCCCCC)CC(=O)NC(CO)C(O)CCCCCCCCCCCCCC. The summed E-state index contributed by atoms with van der Waals surface area (Å²) in [4.78, 5) is 26.1. The first-order valence-corrected chi connectivity index (χ1v) is 26.2. The molecule has 0 aliphatic rings. The van der Waals surface area contributed by atoms with E-state index in [0.717, 1.165) is 96.3 Å². The van der Waals surface area contributed by atoms with Crippen molar-refractivity contribution in [1.82, 2.24) is 5.32 Å². The van der Waals surface area contributed by atoms with Gasteiger partial charge in [-0.15, -0.1) is 0 Å². The van der Waals surface area contributed by atoms with Crippen LogP contribution >= 0.6 is 0 Å². The van der Waals surface area contributed by atoms with E-state index >= 15 is 0 Å². The highest BCUT2D eigenvalue weighted by Crippen LogP contribution is 2.17. The second kappa shape index (κ2) is 49.3. The van der Waals surface area contributed by atoms with E-state index in [0.29, 0.717) is 19.3 Å². The largest absolute Gasteiger partial charge is 0.462 e. The van der Waals surface area contributed by atoms with Gasteiger partial charge in [-0.25, -0.2) is 0 Å². The Balaban J connectivity index is 4.63. The van der Waals surface area contributed by atoms with Gasteiger partial charge in [-0.2, -0.15) is 0 Å². The van der Waals surface area contributed by atoms with E-state index in [1.54, 1.807) is 0 Å². The van der Waals surface area contributed by atoms with Crippen molar-refractivity contribution in [2.75, 3.05) is 6.61 Å². The first-order valence-electron chi connectivity index (χ1n) is 26.2. The molecule has 0 fully saturated rings. The van der Waals surface area contributed by atoms with Gasteiger partial charge in [-0.3, -0.25) is 9.59 Å². The molecule has 0 aromatic heterocycles. The minimum absolute atomic E-state index is 0.0411. The summed E-state index contributed by atoms with van der Waals surface area (Å²) in [5.41, 5.74) is 0. The number of hydrogen-bond acceptors (Lipinski definition) is 5. The van der Waals surface area contributed by atoms with E-state index in [4.69, 9.17) is 4.74 Å². The fourth-order valence-electron chi connectivity index (χ4n) is 7.57. The normalized spacial score (nSPS) is 13.8. The number of ether oxygens (including phenoxy) is 1. The molecule has 358 valence electrons. The number of unbranched alkanes of at least 4 members (excludes halogenated alkanes) is 22. The van der Waals surface area contributed by atoms with Crippen molar-refractivity contribution in [3.8, 4) is 0 Å². The molecule has 0 aromatic carbocycles. The summed E-state index contributed by atoms with van der Waals surface area (Å²) < 4.78 is 5.90. The van der Waals surface area contributed by atoms with Gasteiger partial charge in [0.15, 0.2) is 0 Å². The van der Waals surface area contributed by atoms with Crippen LogP contribution in [0.25, 0.3) is 0 Å². The predicted molar refractivity (Wildman–Crippen MR) is 268 cm³/mol. The van der Waals surface area contributed by atoms with Gasteiger partial charge in [-0.1, -0.05) is 216 Å². The van der Waals surface area contributed by atoms with Gasteiger partial charge in [0.25, 0.3) is 0 Å². The Morgan fingerprint density at radius 2 is 0.887 bits per heavy atom. The van der Waals surface area contributed by atoms with Gasteiger partial charge < -0.3 is 20.3 Å². The van der Waals surface area contributed by atoms with Gasteiger partial charge in [0, 0.05) is 6.42 Å². The predicted octanol–water partition coefficient (Wildman–Crippen LogP) is 15.8. The average molecular weight is 866 g/mol. The molecule has 6 heteroatoms. The summed E-state index contributed by atoms with van der Waals surface area (Å²) in [6, 6.07) is -0.718. The molecule has 0 rings (SSSR count). The Morgan fingerprint density at radius 1 is 0.484 bits per heavy atom. The smallest absolute Gasteiger partial charge is 0.306 e. The Bertz CT molecular complexity index is 1150. The zero-order chi connectivity index (χ0) is 45.2. The number of hydrogen-bond donors (Lipinski definition) is 3. The maximum absolute atomic E-state index is 13.2. The van der Waals surface area contributed by atoms with Gasteiger partial charge in [0.1, 0.15) is 6.10 Å². The first kappa shape index (κ1) is 59.3.